The van der Waals surface area contributed by atoms with Crippen LogP contribution in [-0.4, -0.2) is 49.3 Å². The fourth-order valence-corrected chi connectivity index (χ4v) is 10.1. The van der Waals surface area contributed by atoms with Crippen molar-refractivity contribution in [3.63, 3.8) is 0 Å². The van der Waals surface area contributed by atoms with Gasteiger partial charge in [-0.3, -0.25) is 18.6 Å². The predicted octanol–water partition coefficient (Wildman–Crippen LogP) is 19.2. The van der Waals surface area contributed by atoms with E-state index in [1.165, 1.54) is 244 Å². The van der Waals surface area contributed by atoms with Gasteiger partial charge in [-0.05, 0) is 38.5 Å². The minimum atomic E-state index is -4.38. The zero-order valence-electron chi connectivity index (χ0n) is 46.5. The Morgan fingerprint density at radius 1 is 0.414 bits per heavy atom. The molecule has 2 atom stereocenters. The number of carbonyl (C=O) groups is 2. The van der Waals surface area contributed by atoms with Crippen LogP contribution in [0.5, 0.6) is 0 Å². The van der Waals surface area contributed by atoms with E-state index in [9.17, 15) is 19.0 Å². The average Bonchev–Trinajstić information content (AvgIpc) is 3.35. The normalized spacial score (nSPS) is 13.0. The predicted molar refractivity (Wildman–Crippen MR) is 298 cm³/mol. The number of nitrogens with two attached hydrogens (primary N) is 1. The second kappa shape index (κ2) is 57.0. The third kappa shape index (κ3) is 56.1. The molecule has 416 valence electrons. The fraction of sp³-hybridized carbons (Fsp3) is 0.933. The maximum atomic E-state index is 12.6. The molecule has 0 aliphatic carbocycles. The lowest BCUT2D eigenvalue weighted by Gasteiger charge is -2.19. The molecule has 0 aromatic rings. The number of esters is 2. The summed E-state index contributed by atoms with van der Waals surface area (Å²) in [6, 6.07) is 0. The topological polar surface area (TPSA) is 134 Å². The molecule has 0 aliphatic rings. The Morgan fingerprint density at radius 3 is 1.01 bits per heavy atom. The van der Waals surface area contributed by atoms with Gasteiger partial charge in [-0.2, -0.15) is 0 Å². The van der Waals surface area contributed by atoms with E-state index in [1.807, 2.05) is 0 Å². The van der Waals surface area contributed by atoms with Crippen molar-refractivity contribution in [3.05, 3.63) is 12.2 Å². The fourth-order valence-electron chi connectivity index (χ4n) is 9.34. The molecular weight excluding hydrogens is 894 g/mol. The summed E-state index contributed by atoms with van der Waals surface area (Å²) in [5.41, 5.74) is 5.38. The second-order valence-corrected chi connectivity index (χ2v) is 22.4. The van der Waals surface area contributed by atoms with Gasteiger partial charge in [0.2, 0.25) is 0 Å². The summed E-state index contributed by atoms with van der Waals surface area (Å²) in [7, 11) is -4.38. The summed E-state index contributed by atoms with van der Waals surface area (Å²) in [4.78, 5) is 35.1. The van der Waals surface area contributed by atoms with Crippen LogP contribution in [0.25, 0.3) is 0 Å². The van der Waals surface area contributed by atoms with E-state index in [0.717, 1.165) is 51.4 Å². The van der Waals surface area contributed by atoms with E-state index in [1.54, 1.807) is 0 Å². The molecule has 9 nitrogen and oxygen atoms in total. The Hall–Kier alpha value is -1.25. The van der Waals surface area contributed by atoms with E-state index in [0.29, 0.717) is 6.42 Å². The summed E-state index contributed by atoms with van der Waals surface area (Å²) < 4.78 is 33.0. The standard InChI is InChI=1S/C60H118NO8P/c1-3-5-7-9-11-13-15-17-19-20-21-22-23-24-25-26-27-28-29-30-31-32-33-34-35-36-37-39-40-42-44-46-48-50-52-59(62)66-56-58(57-68-70(64,65)67-55-54-61)69-60(63)53-51-49-47-45-43-41-38-18-16-14-12-10-8-6-4-2/h18,38,58H,3-17,19-37,39-57,61H2,1-2H3,(H,64,65)/b38-18-. The number of allylic oxidation sites excluding steroid dienone is 2. The van der Waals surface area contributed by atoms with Crippen LogP contribution >= 0.6 is 7.82 Å². The zero-order chi connectivity index (χ0) is 51.0. The number of rotatable bonds is 59. The maximum absolute atomic E-state index is 12.6. The van der Waals surface area contributed by atoms with Crippen LogP contribution in [0.4, 0.5) is 0 Å². The second-order valence-electron chi connectivity index (χ2n) is 20.9. The van der Waals surface area contributed by atoms with E-state index >= 15 is 0 Å². The molecule has 0 aliphatic heterocycles. The highest BCUT2D eigenvalue weighted by Crippen LogP contribution is 2.43. The summed E-state index contributed by atoms with van der Waals surface area (Å²) >= 11 is 0. The van der Waals surface area contributed by atoms with Gasteiger partial charge >= 0.3 is 19.8 Å². The molecule has 0 rings (SSSR count). The molecule has 0 amide bonds. The van der Waals surface area contributed by atoms with E-state index < -0.39 is 26.5 Å². The minimum absolute atomic E-state index is 0.0552. The highest BCUT2D eigenvalue weighted by molar-refractivity contribution is 7.47. The Bertz CT molecular complexity index is 1150. The Kier molecular flexibility index (Phi) is 56.0. The molecule has 0 fully saturated rings. The number of phosphoric ester groups is 1. The number of phosphoric acid groups is 1. The summed E-state index contributed by atoms with van der Waals surface area (Å²) in [6.07, 6.45) is 65.9. The lowest BCUT2D eigenvalue weighted by Crippen LogP contribution is -2.29. The van der Waals surface area contributed by atoms with Crippen molar-refractivity contribution in [2.75, 3.05) is 26.4 Å². The Labute approximate surface area is 434 Å². The number of unbranched alkanes of at least 4 members (excludes halogenated alkanes) is 44. The highest BCUT2D eigenvalue weighted by Gasteiger charge is 2.26. The van der Waals surface area contributed by atoms with Crippen molar-refractivity contribution in [3.8, 4) is 0 Å². The van der Waals surface area contributed by atoms with Crippen LogP contribution < -0.4 is 5.73 Å². The Morgan fingerprint density at radius 2 is 0.700 bits per heavy atom. The molecule has 0 aromatic carbocycles. The number of carbonyl (C=O) groups excluding carboxylic acids is 2. The van der Waals surface area contributed by atoms with Crippen LogP contribution in [-0.2, 0) is 32.7 Å². The first kappa shape index (κ1) is 68.8. The zero-order valence-corrected chi connectivity index (χ0v) is 47.4. The Balaban J connectivity index is 3.77. The lowest BCUT2D eigenvalue weighted by atomic mass is 10.0. The first-order chi connectivity index (χ1) is 34.3. The number of hydrogen-bond acceptors (Lipinski definition) is 8. The molecule has 0 heterocycles. The molecule has 70 heavy (non-hydrogen) atoms. The van der Waals surface area contributed by atoms with Crippen LogP contribution in [0.15, 0.2) is 12.2 Å². The quantitative estimate of drug-likeness (QED) is 0.0264. The molecule has 3 N–H and O–H groups in total. The van der Waals surface area contributed by atoms with Crippen LogP contribution in [0, 0.1) is 0 Å². The molecule has 10 heteroatoms. The molecule has 0 spiro atoms. The summed E-state index contributed by atoms with van der Waals surface area (Å²) in [6.45, 7) is 3.79. The van der Waals surface area contributed by atoms with Crippen molar-refractivity contribution in [2.45, 2.75) is 335 Å². The number of hydrogen-bond donors (Lipinski definition) is 2. The average molecular weight is 1010 g/mol. The van der Waals surface area contributed by atoms with Crippen molar-refractivity contribution in [2.24, 2.45) is 5.73 Å². The van der Waals surface area contributed by atoms with Gasteiger partial charge in [0.05, 0.1) is 13.2 Å². The van der Waals surface area contributed by atoms with Crippen molar-refractivity contribution in [1.29, 1.82) is 0 Å². The van der Waals surface area contributed by atoms with Crippen LogP contribution in [0.2, 0.25) is 0 Å². The summed E-state index contributed by atoms with van der Waals surface area (Å²) in [5.74, 6) is -0.819. The number of ether oxygens (including phenoxy) is 2. The summed E-state index contributed by atoms with van der Waals surface area (Å²) in [5, 5.41) is 0. The third-order valence-corrected chi connectivity index (χ3v) is 14.9. The maximum Gasteiger partial charge on any atom is 0.472 e. The molecule has 0 saturated heterocycles. The van der Waals surface area contributed by atoms with Gasteiger partial charge in [-0.15, -0.1) is 0 Å². The highest BCUT2D eigenvalue weighted by atomic mass is 31.2. The third-order valence-electron chi connectivity index (χ3n) is 13.9. The lowest BCUT2D eigenvalue weighted by molar-refractivity contribution is -0.161. The van der Waals surface area contributed by atoms with E-state index in [-0.39, 0.29) is 38.6 Å². The minimum Gasteiger partial charge on any atom is -0.462 e. The first-order valence-electron chi connectivity index (χ1n) is 30.7. The van der Waals surface area contributed by atoms with Gasteiger partial charge in [0.15, 0.2) is 6.10 Å². The largest absolute Gasteiger partial charge is 0.472 e. The van der Waals surface area contributed by atoms with Gasteiger partial charge in [-0.25, -0.2) is 4.57 Å². The molecule has 0 aromatic heterocycles. The van der Waals surface area contributed by atoms with Crippen molar-refractivity contribution in [1.82, 2.24) is 0 Å². The molecule has 0 saturated carbocycles. The van der Waals surface area contributed by atoms with Crippen LogP contribution in [0.3, 0.4) is 0 Å². The van der Waals surface area contributed by atoms with Gasteiger partial charge in [-0.1, -0.05) is 289 Å². The van der Waals surface area contributed by atoms with Crippen molar-refractivity contribution >= 4 is 19.8 Å². The van der Waals surface area contributed by atoms with Gasteiger partial charge < -0.3 is 20.1 Å². The smallest absolute Gasteiger partial charge is 0.462 e. The molecule has 2 unspecified atom stereocenters. The molecule has 0 bridgehead atoms. The SMILES string of the molecule is CCCCCCCC/C=C\CCCCCCCC(=O)OC(COC(=O)CCCCCCCCCCCCCCCCCCCCCCCCCCCCCCCCCCCC)COP(=O)(O)OCCN. The molecule has 0 radical (unpaired) electrons. The van der Waals surface area contributed by atoms with Crippen molar-refractivity contribution < 1.29 is 37.6 Å². The van der Waals surface area contributed by atoms with E-state index in [4.69, 9.17) is 24.3 Å². The van der Waals surface area contributed by atoms with Gasteiger partial charge in [0.1, 0.15) is 6.61 Å². The van der Waals surface area contributed by atoms with Gasteiger partial charge in [0, 0.05) is 19.4 Å². The monoisotopic (exact) mass is 1010 g/mol. The first-order valence-corrected chi connectivity index (χ1v) is 32.2. The molecular formula is C60H118NO8P. The van der Waals surface area contributed by atoms with Gasteiger partial charge in [0.25, 0.3) is 0 Å². The van der Waals surface area contributed by atoms with Crippen LogP contribution in [0.1, 0.15) is 328 Å². The van der Waals surface area contributed by atoms with E-state index in [2.05, 4.69) is 26.0 Å².